The molecule has 0 fully saturated rings. The fourth-order valence-electron chi connectivity index (χ4n) is 0.871. The minimum absolute atomic E-state index is 0.913. The molecule has 0 N–H and O–H groups in total. The Bertz CT molecular complexity index is 250. The number of aryl methyl sites for hydroxylation is 2. The molecule has 60 valence electrons. The van der Waals surface area contributed by atoms with Gasteiger partial charge in [-0.05, 0) is 20.3 Å². The molecule has 1 heterocycles. The average molecular weight is 151 g/mol. The Morgan fingerprint density at radius 2 is 2.45 bits per heavy atom. The number of allylic oxidation sites excluding steroid dienone is 1. The zero-order chi connectivity index (χ0) is 8.27. The Hall–Kier alpha value is -1.05. The van der Waals surface area contributed by atoms with Crippen LogP contribution < -0.4 is 0 Å². The smallest absolute Gasteiger partial charge is 0.137 e. The Morgan fingerprint density at radius 3 is 2.91 bits per heavy atom. The molecule has 0 saturated carbocycles. The van der Waals surface area contributed by atoms with Gasteiger partial charge in [-0.15, -0.1) is 6.58 Å². The van der Waals surface area contributed by atoms with Crippen LogP contribution in [0.25, 0.3) is 0 Å². The van der Waals surface area contributed by atoms with Crippen LogP contribution in [0.15, 0.2) is 22.7 Å². The number of hydrogen-bond acceptors (Lipinski definition) is 2. The summed E-state index contributed by atoms with van der Waals surface area (Å²) >= 11 is 0. The first-order chi connectivity index (χ1) is 5.18. The van der Waals surface area contributed by atoms with Crippen molar-refractivity contribution >= 4 is 0 Å². The Kier molecular flexibility index (Phi) is 2.47. The maximum Gasteiger partial charge on any atom is 0.137 e. The van der Waals surface area contributed by atoms with Crippen molar-refractivity contribution in [1.82, 2.24) is 5.16 Å². The lowest BCUT2D eigenvalue weighted by Crippen LogP contribution is -1.81. The van der Waals surface area contributed by atoms with Gasteiger partial charge in [0.15, 0.2) is 0 Å². The van der Waals surface area contributed by atoms with Crippen LogP contribution in [0.4, 0.5) is 0 Å². The highest BCUT2D eigenvalue weighted by atomic mass is 16.5. The molecule has 1 rings (SSSR count). The first kappa shape index (κ1) is 8.05. The summed E-state index contributed by atoms with van der Waals surface area (Å²) in [6.45, 7) is 7.76. The SMILES string of the molecule is C=C(C)CCc1cc(C)no1. The fraction of sp³-hybridized carbons (Fsp3) is 0.444. The van der Waals surface area contributed by atoms with Gasteiger partial charge in [0.1, 0.15) is 5.76 Å². The molecule has 0 bridgehead atoms. The topological polar surface area (TPSA) is 26.0 Å². The molecule has 0 saturated heterocycles. The monoisotopic (exact) mass is 151 g/mol. The van der Waals surface area contributed by atoms with Crippen LogP contribution in [0, 0.1) is 6.92 Å². The number of hydrogen-bond donors (Lipinski definition) is 0. The lowest BCUT2D eigenvalue weighted by molar-refractivity contribution is 0.379. The molecule has 0 aromatic carbocycles. The molecule has 1 aromatic heterocycles. The van der Waals surface area contributed by atoms with Crippen molar-refractivity contribution in [2.24, 2.45) is 0 Å². The zero-order valence-corrected chi connectivity index (χ0v) is 7.05. The van der Waals surface area contributed by atoms with Gasteiger partial charge in [0.05, 0.1) is 5.69 Å². The molecule has 0 aliphatic heterocycles. The minimum atomic E-state index is 0.913. The van der Waals surface area contributed by atoms with Gasteiger partial charge in [-0.25, -0.2) is 0 Å². The quantitative estimate of drug-likeness (QED) is 0.620. The highest BCUT2D eigenvalue weighted by Crippen LogP contribution is 2.08. The normalized spacial score (nSPS) is 10.0. The van der Waals surface area contributed by atoms with Crippen LogP contribution in [0.1, 0.15) is 24.8 Å². The van der Waals surface area contributed by atoms with Crippen molar-refractivity contribution in [1.29, 1.82) is 0 Å². The van der Waals surface area contributed by atoms with Gasteiger partial charge in [0, 0.05) is 12.5 Å². The molecule has 0 amide bonds. The van der Waals surface area contributed by atoms with Gasteiger partial charge >= 0.3 is 0 Å². The zero-order valence-electron chi connectivity index (χ0n) is 7.05. The molecule has 2 nitrogen and oxygen atoms in total. The Morgan fingerprint density at radius 1 is 1.73 bits per heavy atom. The highest BCUT2D eigenvalue weighted by Gasteiger charge is 1.99. The molecule has 11 heavy (non-hydrogen) atoms. The van der Waals surface area contributed by atoms with Gasteiger partial charge < -0.3 is 4.52 Å². The van der Waals surface area contributed by atoms with Crippen LogP contribution in [0.3, 0.4) is 0 Å². The maximum absolute atomic E-state index is 5.02. The number of aromatic nitrogens is 1. The third kappa shape index (κ3) is 2.58. The first-order valence-corrected chi connectivity index (χ1v) is 3.75. The van der Waals surface area contributed by atoms with E-state index >= 15 is 0 Å². The van der Waals surface area contributed by atoms with E-state index in [1.165, 1.54) is 5.57 Å². The molecule has 2 heteroatoms. The third-order valence-electron chi connectivity index (χ3n) is 1.47. The molecule has 0 unspecified atom stereocenters. The fourth-order valence-corrected chi connectivity index (χ4v) is 0.871. The third-order valence-corrected chi connectivity index (χ3v) is 1.47. The van der Waals surface area contributed by atoms with Gasteiger partial charge in [-0.3, -0.25) is 0 Å². The summed E-state index contributed by atoms with van der Waals surface area (Å²) in [7, 11) is 0. The summed E-state index contributed by atoms with van der Waals surface area (Å²) in [6, 6.07) is 1.96. The lowest BCUT2D eigenvalue weighted by Gasteiger charge is -1.92. The lowest BCUT2D eigenvalue weighted by atomic mass is 10.1. The Balaban J connectivity index is 2.45. The summed E-state index contributed by atoms with van der Waals surface area (Å²) < 4.78 is 5.02. The van der Waals surface area contributed by atoms with E-state index in [1.807, 2.05) is 19.9 Å². The van der Waals surface area contributed by atoms with E-state index in [0.717, 1.165) is 24.3 Å². The maximum atomic E-state index is 5.02. The standard InChI is InChI=1S/C9H13NO/c1-7(2)4-5-9-6-8(3)10-11-9/h6H,1,4-5H2,2-3H3. The molecular weight excluding hydrogens is 138 g/mol. The van der Waals surface area contributed by atoms with Crippen molar-refractivity contribution in [3.05, 3.63) is 29.7 Å². The minimum Gasteiger partial charge on any atom is -0.361 e. The van der Waals surface area contributed by atoms with Crippen molar-refractivity contribution in [2.75, 3.05) is 0 Å². The summed E-state index contributed by atoms with van der Waals surface area (Å²) in [4.78, 5) is 0. The predicted molar refractivity (Wildman–Crippen MR) is 44.4 cm³/mol. The van der Waals surface area contributed by atoms with Gasteiger partial charge in [0.2, 0.25) is 0 Å². The van der Waals surface area contributed by atoms with E-state index in [-0.39, 0.29) is 0 Å². The largest absolute Gasteiger partial charge is 0.361 e. The van der Waals surface area contributed by atoms with Crippen LogP contribution in [-0.4, -0.2) is 5.16 Å². The summed E-state index contributed by atoms with van der Waals surface area (Å²) in [5.74, 6) is 0.950. The predicted octanol–water partition coefficient (Wildman–Crippen LogP) is 2.49. The van der Waals surface area contributed by atoms with Crippen molar-refractivity contribution in [3.63, 3.8) is 0 Å². The molecule has 0 radical (unpaired) electrons. The van der Waals surface area contributed by atoms with Crippen LogP contribution in [0.5, 0.6) is 0 Å². The molecular formula is C9H13NO. The second-order valence-electron chi connectivity index (χ2n) is 2.89. The van der Waals surface area contributed by atoms with E-state index < -0.39 is 0 Å². The van der Waals surface area contributed by atoms with Crippen LogP contribution >= 0.6 is 0 Å². The highest BCUT2D eigenvalue weighted by molar-refractivity contribution is 5.05. The van der Waals surface area contributed by atoms with E-state index in [2.05, 4.69) is 11.7 Å². The summed E-state index contributed by atoms with van der Waals surface area (Å²) in [6.07, 6.45) is 1.89. The van der Waals surface area contributed by atoms with E-state index in [9.17, 15) is 0 Å². The molecule has 0 aliphatic carbocycles. The molecule has 0 spiro atoms. The molecule has 1 aromatic rings. The van der Waals surface area contributed by atoms with E-state index in [4.69, 9.17) is 4.52 Å². The number of nitrogens with zero attached hydrogens (tertiary/aromatic N) is 1. The van der Waals surface area contributed by atoms with Gasteiger partial charge in [-0.2, -0.15) is 0 Å². The Labute approximate surface area is 66.9 Å². The second-order valence-corrected chi connectivity index (χ2v) is 2.89. The molecule has 0 atom stereocenters. The summed E-state index contributed by atoms with van der Waals surface area (Å²) in [5, 5.41) is 3.79. The van der Waals surface area contributed by atoms with Crippen molar-refractivity contribution < 1.29 is 4.52 Å². The van der Waals surface area contributed by atoms with Gasteiger partial charge in [-0.1, -0.05) is 10.7 Å². The second kappa shape index (κ2) is 3.37. The summed E-state index contributed by atoms with van der Waals surface area (Å²) in [5.41, 5.74) is 2.13. The van der Waals surface area contributed by atoms with Crippen molar-refractivity contribution in [2.45, 2.75) is 26.7 Å². The molecule has 0 aliphatic rings. The van der Waals surface area contributed by atoms with E-state index in [1.54, 1.807) is 0 Å². The van der Waals surface area contributed by atoms with Crippen LogP contribution in [-0.2, 0) is 6.42 Å². The number of rotatable bonds is 3. The average Bonchev–Trinajstić information content (AvgIpc) is 2.31. The van der Waals surface area contributed by atoms with E-state index in [0.29, 0.717) is 0 Å². The first-order valence-electron chi connectivity index (χ1n) is 3.75. The van der Waals surface area contributed by atoms with Crippen LogP contribution in [0.2, 0.25) is 0 Å². The van der Waals surface area contributed by atoms with Crippen molar-refractivity contribution in [3.8, 4) is 0 Å². The van der Waals surface area contributed by atoms with Gasteiger partial charge in [0.25, 0.3) is 0 Å².